The average Bonchev–Trinajstić information content (AvgIpc) is 3.16. The van der Waals surface area contributed by atoms with Crippen molar-refractivity contribution in [3.05, 3.63) is 33.4 Å². The average molecular weight is 392 g/mol. The first-order valence-corrected chi connectivity index (χ1v) is 10.7. The number of thioether (sulfide) groups is 1. The second-order valence-corrected chi connectivity index (χ2v) is 9.43. The second kappa shape index (κ2) is 7.96. The van der Waals surface area contributed by atoms with Crippen LogP contribution in [0.4, 0.5) is 0 Å². The molecular formula is C19H25N3O2S2. The number of carbonyl (C=O) groups excluding carboxylic acids is 1. The van der Waals surface area contributed by atoms with Crippen LogP contribution in [-0.4, -0.2) is 27.3 Å². The Balaban J connectivity index is 2.02. The van der Waals surface area contributed by atoms with E-state index in [0.29, 0.717) is 24.2 Å². The minimum atomic E-state index is -0.329. The molecule has 0 saturated heterocycles. The van der Waals surface area contributed by atoms with Crippen LogP contribution in [0.15, 0.2) is 22.6 Å². The van der Waals surface area contributed by atoms with Gasteiger partial charge < -0.3 is 5.32 Å². The summed E-state index contributed by atoms with van der Waals surface area (Å²) in [6, 6.07) is 0. The van der Waals surface area contributed by atoms with Gasteiger partial charge in [0.25, 0.3) is 5.56 Å². The number of hydrogen-bond acceptors (Lipinski definition) is 5. The number of carbonyl (C=O) groups is 1. The molecule has 0 aromatic carbocycles. The molecule has 5 nitrogen and oxygen atoms in total. The molecule has 26 heavy (non-hydrogen) atoms. The molecule has 0 saturated carbocycles. The molecule has 1 N–H and O–H groups in total. The van der Waals surface area contributed by atoms with E-state index in [4.69, 9.17) is 4.98 Å². The number of amides is 1. The van der Waals surface area contributed by atoms with Crippen molar-refractivity contribution in [2.75, 3.05) is 6.54 Å². The van der Waals surface area contributed by atoms with Crippen molar-refractivity contribution in [2.45, 2.75) is 57.0 Å². The molecule has 7 heteroatoms. The van der Waals surface area contributed by atoms with Crippen molar-refractivity contribution < 1.29 is 4.79 Å². The van der Waals surface area contributed by atoms with Crippen molar-refractivity contribution in [3.63, 3.8) is 0 Å². The van der Waals surface area contributed by atoms with E-state index in [1.54, 1.807) is 22.0 Å². The lowest BCUT2D eigenvalue weighted by Crippen LogP contribution is -2.32. The lowest BCUT2D eigenvalue weighted by atomic mass is 10.2. The molecule has 0 aliphatic heterocycles. The van der Waals surface area contributed by atoms with Gasteiger partial charge in [-0.15, -0.1) is 17.9 Å². The van der Waals surface area contributed by atoms with Gasteiger partial charge in [-0.2, -0.15) is 0 Å². The van der Waals surface area contributed by atoms with Gasteiger partial charge in [-0.1, -0.05) is 31.7 Å². The van der Waals surface area contributed by atoms with Crippen molar-refractivity contribution in [2.24, 2.45) is 5.92 Å². The largest absolute Gasteiger partial charge is 0.352 e. The van der Waals surface area contributed by atoms with Crippen LogP contribution in [0.5, 0.6) is 0 Å². The summed E-state index contributed by atoms with van der Waals surface area (Å²) < 4.78 is 1.76. The van der Waals surface area contributed by atoms with E-state index in [0.717, 1.165) is 29.5 Å². The number of fused-ring (bicyclic) bond motifs is 3. The number of rotatable bonds is 7. The number of aromatic nitrogens is 2. The highest BCUT2D eigenvalue weighted by atomic mass is 32.2. The number of nitrogens with one attached hydrogen (secondary N) is 1. The van der Waals surface area contributed by atoms with Gasteiger partial charge in [0.05, 0.1) is 10.6 Å². The van der Waals surface area contributed by atoms with E-state index < -0.39 is 0 Å². The predicted octanol–water partition coefficient (Wildman–Crippen LogP) is 3.39. The summed E-state index contributed by atoms with van der Waals surface area (Å²) in [6.45, 7) is 10.7. The van der Waals surface area contributed by atoms with E-state index in [1.165, 1.54) is 22.2 Å². The fourth-order valence-electron chi connectivity index (χ4n) is 3.20. The molecule has 1 amide bonds. The first kappa shape index (κ1) is 19.2. The van der Waals surface area contributed by atoms with E-state index in [1.807, 2.05) is 6.92 Å². The lowest BCUT2D eigenvalue weighted by molar-refractivity contribution is -0.120. The van der Waals surface area contributed by atoms with Gasteiger partial charge in [-0.3, -0.25) is 14.2 Å². The Labute approximate surface area is 161 Å². The summed E-state index contributed by atoms with van der Waals surface area (Å²) in [5.74, 6) is 0.247. The van der Waals surface area contributed by atoms with Gasteiger partial charge >= 0.3 is 0 Å². The summed E-state index contributed by atoms with van der Waals surface area (Å²) in [5.41, 5.74) is 1.25. The molecule has 2 aromatic heterocycles. The van der Waals surface area contributed by atoms with Gasteiger partial charge in [0.15, 0.2) is 5.16 Å². The Morgan fingerprint density at radius 1 is 1.42 bits per heavy atom. The third-order valence-corrected chi connectivity index (χ3v) is 6.69. The molecule has 1 aliphatic rings. The molecule has 2 aromatic rings. The van der Waals surface area contributed by atoms with Crippen LogP contribution in [0.1, 0.15) is 37.6 Å². The second-order valence-electron chi connectivity index (χ2n) is 7.04. The zero-order valence-electron chi connectivity index (χ0n) is 15.5. The highest BCUT2D eigenvalue weighted by molar-refractivity contribution is 8.00. The molecule has 0 spiro atoms. The maximum Gasteiger partial charge on any atom is 0.263 e. The van der Waals surface area contributed by atoms with Crippen LogP contribution < -0.4 is 10.9 Å². The molecule has 3 rings (SSSR count). The normalized spacial score (nSPS) is 14.6. The molecule has 1 atom stereocenters. The van der Waals surface area contributed by atoms with Crippen LogP contribution in [0.25, 0.3) is 10.2 Å². The van der Waals surface area contributed by atoms with Crippen molar-refractivity contribution >= 4 is 39.2 Å². The summed E-state index contributed by atoms with van der Waals surface area (Å²) in [5, 5.41) is 3.91. The van der Waals surface area contributed by atoms with E-state index >= 15 is 0 Å². The molecule has 140 valence electrons. The standard InChI is InChI=1S/C19H25N3O2S2/c1-5-9-20-16(23)12(4)25-19-21-17-15(13-7-6-8-14(13)26-17)18(24)22(19)10-11(2)3/h5,11-12H,1,6-10H2,2-4H3,(H,20,23)/t12-/m1/s1. The van der Waals surface area contributed by atoms with Crippen LogP contribution in [0.2, 0.25) is 0 Å². The van der Waals surface area contributed by atoms with Crippen LogP contribution in [0, 0.1) is 5.92 Å². The zero-order chi connectivity index (χ0) is 18.8. The van der Waals surface area contributed by atoms with Crippen LogP contribution in [-0.2, 0) is 24.2 Å². The molecular weight excluding hydrogens is 366 g/mol. The first-order chi connectivity index (χ1) is 12.4. The highest BCUT2D eigenvalue weighted by Crippen LogP contribution is 2.36. The lowest BCUT2D eigenvalue weighted by Gasteiger charge is -2.17. The molecule has 0 unspecified atom stereocenters. The van der Waals surface area contributed by atoms with Gasteiger partial charge in [-0.05, 0) is 37.7 Å². The van der Waals surface area contributed by atoms with E-state index in [2.05, 4.69) is 25.7 Å². The van der Waals surface area contributed by atoms with Gasteiger partial charge in [-0.25, -0.2) is 4.98 Å². The Morgan fingerprint density at radius 2 is 2.19 bits per heavy atom. The monoisotopic (exact) mass is 391 g/mol. The van der Waals surface area contributed by atoms with Crippen molar-refractivity contribution in [1.29, 1.82) is 0 Å². The molecule has 0 fully saturated rings. The Hall–Kier alpha value is -1.60. The van der Waals surface area contributed by atoms with Gasteiger partial charge in [0.1, 0.15) is 4.83 Å². The van der Waals surface area contributed by atoms with Crippen LogP contribution in [0.3, 0.4) is 0 Å². The minimum absolute atomic E-state index is 0.0456. The topological polar surface area (TPSA) is 64.0 Å². The summed E-state index contributed by atoms with van der Waals surface area (Å²) >= 11 is 2.99. The minimum Gasteiger partial charge on any atom is -0.352 e. The smallest absolute Gasteiger partial charge is 0.263 e. The van der Waals surface area contributed by atoms with Crippen molar-refractivity contribution in [1.82, 2.24) is 14.9 Å². The third-order valence-electron chi connectivity index (χ3n) is 4.41. The summed E-state index contributed by atoms with van der Waals surface area (Å²) in [4.78, 5) is 32.4. The SMILES string of the molecule is C=CCNC(=O)[C@@H](C)Sc1nc2sc3c(c2c(=O)n1CC(C)C)CCC3. The fraction of sp³-hybridized carbons (Fsp3) is 0.526. The van der Waals surface area contributed by atoms with E-state index in [-0.39, 0.29) is 16.7 Å². The van der Waals surface area contributed by atoms with Crippen molar-refractivity contribution in [3.8, 4) is 0 Å². The third kappa shape index (κ3) is 3.74. The van der Waals surface area contributed by atoms with Crippen LogP contribution >= 0.6 is 23.1 Å². The quantitative estimate of drug-likeness (QED) is 0.446. The maximum absolute atomic E-state index is 13.2. The first-order valence-electron chi connectivity index (χ1n) is 9.02. The number of thiophene rings is 1. The molecule has 2 heterocycles. The number of hydrogen-bond donors (Lipinski definition) is 1. The summed E-state index contributed by atoms with van der Waals surface area (Å²) in [7, 11) is 0. The zero-order valence-corrected chi connectivity index (χ0v) is 17.1. The van der Waals surface area contributed by atoms with Gasteiger partial charge in [0, 0.05) is 18.0 Å². The molecule has 1 aliphatic carbocycles. The highest BCUT2D eigenvalue weighted by Gasteiger charge is 2.25. The van der Waals surface area contributed by atoms with E-state index in [9.17, 15) is 9.59 Å². The molecule has 0 radical (unpaired) electrons. The maximum atomic E-state index is 13.2. The summed E-state index contributed by atoms with van der Waals surface area (Å²) in [6.07, 6.45) is 4.79. The molecule has 0 bridgehead atoms. The predicted molar refractivity (Wildman–Crippen MR) is 109 cm³/mol. The number of aryl methyl sites for hydroxylation is 2. The number of nitrogens with zero attached hydrogens (tertiary/aromatic N) is 2. The van der Waals surface area contributed by atoms with Gasteiger partial charge in [0.2, 0.25) is 5.91 Å². The Kier molecular flexibility index (Phi) is 5.87. The fourth-order valence-corrected chi connectivity index (χ4v) is 5.45. The Morgan fingerprint density at radius 3 is 2.88 bits per heavy atom. The Bertz CT molecular complexity index is 898.